The van der Waals surface area contributed by atoms with Crippen molar-refractivity contribution in [2.24, 2.45) is 0 Å². The fraction of sp³-hybridized carbons (Fsp3) is 0.125. The largest absolute Gasteiger partial charge is 0.481 e. The molecule has 6 nitrogen and oxygen atoms in total. The Morgan fingerprint density at radius 2 is 1.53 bits per heavy atom. The number of nitrogens with one attached hydrogen (secondary N) is 2. The highest BCUT2D eigenvalue weighted by Crippen LogP contribution is 2.37. The van der Waals surface area contributed by atoms with Gasteiger partial charge in [-0.2, -0.15) is 0 Å². The molecular formula is C24H21ClN2O4S. The van der Waals surface area contributed by atoms with Crippen LogP contribution in [0.25, 0.3) is 0 Å². The van der Waals surface area contributed by atoms with Crippen LogP contribution in [0.1, 0.15) is 23.7 Å². The van der Waals surface area contributed by atoms with E-state index in [0.29, 0.717) is 16.4 Å². The molecule has 3 aromatic carbocycles. The molecule has 8 heteroatoms. The number of carboxylic acid groups (broad SMARTS) is 1. The molecule has 164 valence electrons. The maximum absolute atomic E-state index is 13.1. The standard InChI is InChI=1S/C24H21ClN2O4S/c25-17-8-4-9-18(14-17)27-24(31)23(16-6-2-1-3-7-16)32-20-11-5-10-19(15-20)26-21(28)12-13-22(29)30/h1-11,14-15,23H,12-13H2,(H,26,28)(H,27,31)(H,29,30). The number of benzene rings is 3. The van der Waals surface area contributed by atoms with E-state index in [-0.39, 0.29) is 24.7 Å². The van der Waals surface area contributed by atoms with E-state index in [1.807, 2.05) is 36.4 Å². The lowest BCUT2D eigenvalue weighted by Gasteiger charge is -2.18. The van der Waals surface area contributed by atoms with Crippen LogP contribution in [0, 0.1) is 0 Å². The van der Waals surface area contributed by atoms with Gasteiger partial charge in [0.25, 0.3) is 0 Å². The topological polar surface area (TPSA) is 95.5 Å². The molecular weight excluding hydrogens is 448 g/mol. The number of anilines is 2. The van der Waals surface area contributed by atoms with Gasteiger partial charge in [0.1, 0.15) is 5.25 Å². The third-order valence-electron chi connectivity index (χ3n) is 4.37. The van der Waals surface area contributed by atoms with Crippen LogP contribution in [0.15, 0.2) is 83.8 Å². The molecule has 32 heavy (non-hydrogen) atoms. The van der Waals surface area contributed by atoms with Gasteiger partial charge < -0.3 is 15.7 Å². The zero-order valence-corrected chi connectivity index (χ0v) is 18.5. The number of thioether (sulfide) groups is 1. The molecule has 1 unspecified atom stereocenters. The maximum atomic E-state index is 13.1. The Morgan fingerprint density at radius 3 is 2.22 bits per heavy atom. The number of carboxylic acids is 1. The molecule has 0 aliphatic heterocycles. The highest BCUT2D eigenvalue weighted by Gasteiger charge is 2.22. The summed E-state index contributed by atoms with van der Waals surface area (Å²) in [6.45, 7) is 0. The van der Waals surface area contributed by atoms with E-state index in [1.165, 1.54) is 11.8 Å². The lowest BCUT2D eigenvalue weighted by molar-refractivity contribution is -0.138. The lowest BCUT2D eigenvalue weighted by Crippen LogP contribution is -2.19. The first kappa shape index (κ1) is 23.4. The number of rotatable bonds is 9. The van der Waals surface area contributed by atoms with E-state index in [2.05, 4.69) is 10.6 Å². The number of halogens is 1. The Hall–Kier alpha value is -3.29. The molecule has 0 aliphatic rings. The predicted molar refractivity (Wildman–Crippen MR) is 127 cm³/mol. The summed E-state index contributed by atoms with van der Waals surface area (Å²) in [6.07, 6.45) is -0.346. The first-order valence-electron chi connectivity index (χ1n) is 9.80. The molecule has 1 atom stereocenters. The van der Waals surface area contributed by atoms with Crippen LogP contribution in [-0.2, 0) is 14.4 Å². The summed E-state index contributed by atoms with van der Waals surface area (Å²) in [4.78, 5) is 36.5. The molecule has 2 amide bonds. The maximum Gasteiger partial charge on any atom is 0.303 e. The van der Waals surface area contributed by atoms with Gasteiger partial charge in [0, 0.05) is 27.7 Å². The van der Waals surface area contributed by atoms with Gasteiger partial charge in [-0.3, -0.25) is 14.4 Å². The molecule has 0 aliphatic carbocycles. The molecule has 0 aromatic heterocycles. The molecule has 3 N–H and O–H groups in total. The van der Waals surface area contributed by atoms with Crippen molar-refractivity contribution in [1.82, 2.24) is 0 Å². The second kappa shape index (κ2) is 11.4. The SMILES string of the molecule is O=C(O)CCC(=O)Nc1cccc(SC(C(=O)Nc2cccc(Cl)c2)c2ccccc2)c1. The zero-order chi connectivity index (χ0) is 22.9. The number of aliphatic carboxylic acids is 1. The second-order valence-electron chi connectivity index (χ2n) is 6.88. The molecule has 0 fully saturated rings. The average Bonchev–Trinajstić information content (AvgIpc) is 2.77. The van der Waals surface area contributed by atoms with Crippen LogP contribution in [0.4, 0.5) is 11.4 Å². The van der Waals surface area contributed by atoms with E-state index in [4.69, 9.17) is 16.7 Å². The van der Waals surface area contributed by atoms with Gasteiger partial charge in [0.15, 0.2) is 0 Å². The molecule has 0 saturated carbocycles. The second-order valence-corrected chi connectivity index (χ2v) is 8.49. The van der Waals surface area contributed by atoms with Crippen molar-refractivity contribution < 1.29 is 19.5 Å². The molecule has 0 spiro atoms. The van der Waals surface area contributed by atoms with E-state index in [1.54, 1.807) is 42.5 Å². The van der Waals surface area contributed by atoms with E-state index in [0.717, 1.165) is 10.5 Å². The first-order valence-corrected chi connectivity index (χ1v) is 11.1. The highest BCUT2D eigenvalue weighted by molar-refractivity contribution is 8.00. The normalized spacial score (nSPS) is 11.4. The van der Waals surface area contributed by atoms with Crippen molar-refractivity contribution in [2.45, 2.75) is 23.0 Å². The molecule has 0 saturated heterocycles. The highest BCUT2D eigenvalue weighted by atomic mass is 35.5. The summed E-state index contributed by atoms with van der Waals surface area (Å²) >= 11 is 7.37. The van der Waals surface area contributed by atoms with Crippen molar-refractivity contribution in [1.29, 1.82) is 0 Å². The summed E-state index contributed by atoms with van der Waals surface area (Å²) in [5.74, 6) is -1.62. The third kappa shape index (κ3) is 7.14. The van der Waals surface area contributed by atoms with Gasteiger partial charge in [0.2, 0.25) is 11.8 Å². The number of hydrogen-bond acceptors (Lipinski definition) is 4. The quantitative estimate of drug-likeness (QED) is 0.354. The zero-order valence-electron chi connectivity index (χ0n) is 17.0. The number of carbonyl (C=O) groups excluding carboxylic acids is 2. The van der Waals surface area contributed by atoms with Crippen molar-refractivity contribution in [3.05, 3.63) is 89.4 Å². The smallest absolute Gasteiger partial charge is 0.303 e. The molecule has 3 rings (SSSR count). The average molecular weight is 469 g/mol. The van der Waals surface area contributed by atoms with Crippen LogP contribution in [0.2, 0.25) is 5.02 Å². The molecule has 0 heterocycles. The summed E-state index contributed by atoms with van der Waals surface area (Å²) in [5.41, 5.74) is 1.96. The molecule has 0 radical (unpaired) electrons. The van der Waals surface area contributed by atoms with Gasteiger partial charge in [-0.15, -0.1) is 11.8 Å². The van der Waals surface area contributed by atoms with Crippen LogP contribution >= 0.6 is 23.4 Å². The van der Waals surface area contributed by atoms with E-state index < -0.39 is 11.2 Å². The monoisotopic (exact) mass is 468 g/mol. The Kier molecular flexibility index (Phi) is 8.30. The molecule has 0 bridgehead atoms. The van der Waals surface area contributed by atoms with E-state index in [9.17, 15) is 14.4 Å². The predicted octanol–water partition coefficient (Wildman–Crippen LogP) is 5.62. The summed E-state index contributed by atoms with van der Waals surface area (Å²) < 4.78 is 0. The number of carbonyl (C=O) groups is 3. The van der Waals surface area contributed by atoms with Crippen LogP contribution < -0.4 is 10.6 Å². The van der Waals surface area contributed by atoms with E-state index >= 15 is 0 Å². The number of hydrogen-bond donors (Lipinski definition) is 3. The van der Waals surface area contributed by atoms with Crippen LogP contribution in [0.3, 0.4) is 0 Å². The minimum Gasteiger partial charge on any atom is -0.481 e. The van der Waals surface area contributed by atoms with Crippen molar-refractivity contribution >= 4 is 52.5 Å². The molecule has 3 aromatic rings. The Labute approximate surface area is 195 Å². The van der Waals surface area contributed by atoms with Gasteiger partial charge in [0.05, 0.1) is 6.42 Å². The minimum absolute atomic E-state index is 0.110. The van der Waals surface area contributed by atoms with Gasteiger partial charge in [-0.05, 0) is 42.0 Å². The van der Waals surface area contributed by atoms with Crippen LogP contribution in [-0.4, -0.2) is 22.9 Å². The summed E-state index contributed by atoms with van der Waals surface area (Å²) in [7, 11) is 0. The Bertz CT molecular complexity index is 1110. The van der Waals surface area contributed by atoms with Gasteiger partial charge in [-0.25, -0.2) is 0 Å². The van der Waals surface area contributed by atoms with Gasteiger partial charge in [-0.1, -0.05) is 54.1 Å². The minimum atomic E-state index is -1.03. The van der Waals surface area contributed by atoms with Crippen molar-refractivity contribution in [2.75, 3.05) is 10.6 Å². The number of amides is 2. The fourth-order valence-electron chi connectivity index (χ4n) is 2.90. The third-order valence-corrected chi connectivity index (χ3v) is 5.85. The summed E-state index contributed by atoms with van der Waals surface area (Å²) in [5, 5.41) is 14.3. The van der Waals surface area contributed by atoms with Crippen molar-refractivity contribution in [3.8, 4) is 0 Å². The Balaban J connectivity index is 1.77. The van der Waals surface area contributed by atoms with Crippen molar-refractivity contribution in [3.63, 3.8) is 0 Å². The Morgan fingerprint density at radius 1 is 0.844 bits per heavy atom. The fourth-order valence-corrected chi connectivity index (χ4v) is 4.18. The first-order chi connectivity index (χ1) is 15.4. The van der Waals surface area contributed by atoms with Gasteiger partial charge >= 0.3 is 5.97 Å². The lowest BCUT2D eigenvalue weighted by atomic mass is 10.1. The summed E-state index contributed by atoms with van der Waals surface area (Å²) in [6, 6.07) is 23.4. The van der Waals surface area contributed by atoms with Crippen LogP contribution in [0.5, 0.6) is 0 Å².